The van der Waals surface area contributed by atoms with E-state index in [1.807, 2.05) is 0 Å². The van der Waals surface area contributed by atoms with Gasteiger partial charge >= 0.3 is 0 Å². The van der Waals surface area contributed by atoms with Crippen LogP contribution in [0.1, 0.15) is 47.5 Å². The van der Waals surface area contributed by atoms with E-state index in [4.69, 9.17) is 10.5 Å². The molecule has 0 aromatic rings. The summed E-state index contributed by atoms with van der Waals surface area (Å²) in [6.07, 6.45) is 2.76. The van der Waals surface area contributed by atoms with Crippen molar-refractivity contribution < 1.29 is 4.74 Å². The Hall–Kier alpha value is -0.120. The van der Waals surface area contributed by atoms with Crippen LogP contribution in [0.5, 0.6) is 0 Å². The van der Waals surface area contributed by atoms with Crippen molar-refractivity contribution in [1.29, 1.82) is 0 Å². The highest BCUT2D eigenvalue weighted by atomic mass is 16.5. The fourth-order valence-corrected chi connectivity index (χ4v) is 2.47. The maximum Gasteiger partial charge on any atom is 0.0710 e. The summed E-state index contributed by atoms with van der Waals surface area (Å²) in [4.78, 5) is 2.47. The van der Waals surface area contributed by atoms with E-state index in [-0.39, 0.29) is 11.0 Å². The van der Waals surface area contributed by atoms with E-state index in [9.17, 15) is 0 Å². The van der Waals surface area contributed by atoms with E-state index >= 15 is 0 Å². The average Bonchev–Trinajstić information content (AvgIpc) is 2.57. The Labute approximate surface area is 107 Å². The summed E-state index contributed by atoms with van der Waals surface area (Å²) in [5.74, 6) is 0. The normalized spacial score (nSPS) is 24.5. The highest BCUT2D eigenvalue weighted by molar-refractivity contribution is 4.84. The summed E-state index contributed by atoms with van der Waals surface area (Å²) >= 11 is 0. The van der Waals surface area contributed by atoms with Crippen LogP contribution in [-0.4, -0.2) is 42.8 Å². The van der Waals surface area contributed by atoms with Crippen molar-refractivity contribution in [2.45, 2.75) is 59.2 Å². The average molecular weight is 242 g/mol. The number of ether oxygens (including phenoxy) is 1. The minimum atomic E-state index is 0.0768. The molecule has 0 aromatic heterocycles. The minimum absolute atomic E-state index is 0.0768. The van der Waals surface area contributed by atoms with Crippen LogP contribution in [0.3, 0.4) is 0 Å². The molecule has 2 N–H and O–H groups in total. The molecule has 0 radical (unpaired) electrons. The number of likely N-dealkylation sites (N-methyl/N-ethyl adjacent to an activating group) is 1. The molecule has 0 spiro atoms. The summed E-state index contributed by atoms with van der Waals surface area (Å²) in [5.41, 5.74) is 6.08. The Morgan fingerprint density at radius 2 is 2.06 bits per heavy atom. The van der Waals surface area contributed by atoms with E-state index in [1.54, 1.807) is 0 Å². The van der Waals surface area contributed by atoms with Crippen molar-refractivity contribution in [2.24, 2.45) is 11.1 Å². The second-order valence-corrected chi connectivity index (χ2v) is 6.73. The van der Waals surface area contributed by atoms with E-state index in [1.165, 1.54) is 12.8 Å². The fraction of sp³-hybridized carbons (Fsp3) is 1.00. The molecule has 1 heterocycles. The van der Waals surface area contributed by atoms with Crippen LogP contribution in [-0.2, 0) is 4.74 Å². The first kappa shape index (κ1) is 14.9. The first-order valence-electron chi connectivity index (χ1n) is 6.88. The zero-order valence-electron chi connectivity index (χ0n) is 12.3. The molecular formula is C14H30N2O. The molecule has 3 nitrogen and oxygen atoms in total. The minimum Gasteiger partial charge on any atom is -0.371 e. The molecule has 1 atom stereocenters. The number of rotatable bonds is 6. The molecule has 0 amide bonds. The van der Waals surface area contributed by atoms with Crippen molar-refractivity contribution in [3.8, 4) is 0 Å². The summed E-state index contributed by atoms with van der Waals surface area (Å²) in [6.45, 7) is 15.0. The third kappa shape index (κ3) is 4.94. The van der Waals surface area contributed by atoms with Crippen molar-refractivity contribution >= 4 is 0 Å². The van der Waals surface area contributed by atoms with Gasteiger partial charge in [-0.25, -0.2) is 0 Å². The number of nitrogens with zero attached hydrogens (tertiary/aromatic N) is 1. The third-order valence-corrected chi connectivity index (χ3v) is 3.67. The van der Waals surface area contributed by atoms with E-state index in [0.29, 0.717) is 6.10 Å². The molecule has 1 aliphatic rings. The lowest BCUT2D eigenvalue weighted by molar-refractivity contribution is -0.0312. The molecule has 0 aliphatic carbocycles. The molecule has 1 fully saturated rings. The van der Waals surface area contributed by atoms with Crippen molar-refractivity contribution in [3.63, 3.8) is 0 Å². The maximum atomic E-state index is 6.06. The van der Waals surface area contributed by atoms with E-state index in [2.05, 4.69) is 39.5 Å². The lowest BCUT2D eigenvalue weighted by Crippen LogP contribution is -2.42. The van der Waals surface area contributed by atoms with E-state index in [0.717, 1.165) is 26.2 Å². The second-order valence-electron chi connectivity index (χ2n) is 6.73. The summed E-state index contributed by atoms with van der Waals surface area (Å²) in [7, 11) is 0. The van der Waals surface area contributed by atoms with Gasteiger partial charge in [-0.1, -0.05) is 20.8 Å². The van der Waals surface area contributed by atoms with Crippen LogP contribution in [0.15, 0.2) is 0 Å². The third-order valence-electron chi connectivity index (χ3n) is 3.67. The fourth-order valence-electron chi connectivity index (χ4n) is 2.47. The Morgan fingerprint density at radius 1 is 1.41 bits per heavy atom. The predicted octanol–water partition coefficient (Wildman–Crippen LogP) is 2.25. The Kier molecular flexibility index (Phi) is 4.99. The quantitative estimate of drug-likeness (QED) is 0.776. The van der Waals surface area contributed by atoms with Gasteiger partial charge in [0.1, 0.15) is 0 Å². The van der Waals surface area contributed by atoms with Crippen LogP contribution in [0, 0.1) is 5.41 Å². The molecule has 1 saturated heterocycles. The molecule has 1 aliphatic heterocycles. The lowest BCUT2D eigenvalue weighted by Gasteiger charge is -2.32. The Balaban J connectivity index is 2.43. The maximum absolute atomic E-state index is 6.06. The number of hydrogen-bond donors (Lipinski definition) is 1. The summed E-state index contributed by atoms with van der Waals surface area (Å²) in [6, 6.07) is 0. The SMILES string of the molecule is CCN(CC1CCC(C)(C)O1)CC(C)(C)CN. The van der Waals surface area contributed by atoms with Crippen molar-refractivity contribution in [2.75, 3.05) is 26.2 Å². The van der Waals surface area contributed by atoms with Gasteiger partial charge in [-0.05, 0) is 45.2 Å². The second kappa shape index (κ2) is 5.68. The zero-order valence-corrected chi connectivity index (χ0v) is 12.3. The smallest absolute Gasteiger partial charge is 0.0710 e. The van der Waals surface area contributed by atoms with Crippen LogP contribution >= 0.6 is 0 Å². The van der Waals surface area contributed by atoms with Gasteiger partial charge in [0.25, 0.3) is 0 Å². The standard InChI is InChI=1S/C14H30N2O/c1-6-16(11-13(2,3)10-15)9-12-7-8-14(4,5)17-12/h12H,6-11,15H2,1-5H3. The topological polar surface area (TPSA) is 38.5 Å². The molecule has 3 heteroatoms. The molecule has 1 unspecified atom stereocenters. The highest BCUT2D eigenvalue weighted by Gasteiger charge is 2.33. The molecule has 0 saturated carbocycles. The van der Waals surface area contributed by atoms with Gasteiger partial charge in [0, 0.05) is 13.1 Å². The first-order chi connectivity index (χ1) is 7.78. The van der Waals surface area contributed by atoms with Crippen LogP contribution in [0.4, 0.5) is 0 Å². The monoisotopic (exact) mass is 242 g/mol. The predicted molar refractivity (Wildman–Crippen MR) is 73.1 cm³/mol. The number of nitrogens with two attached hydrogens (primary N) is 1. The van der Waals surface area contributed by atoms with Crippen LogP contribution in [0.25, 0.3) is 0 Å². The van der Waals surface area contributed by atoms with Gasteiger partial charge in [0.05, 0.1) is 11.7 Å². The zero-order chi connectivity index (χ0) is 13.1. The first-order valence-corrected chi connectivity index (χ1v) is 6.88. The van der Waals surface area contributed by atoms with Crippen LogP contribution < -0.4 is 5.73 Å². The van der Waals surface area contributed by atoms with Crippen molar-refractivity contribution in [1.82, 2.24) is 4.90 Å². The van der Waals surface area contributed by atoms with Crippen molar-refractivity contribution in [3.05, 3.63) is 0 Å². The molecular weight excluding hydrogens is 212 g/mol. The van der Waals surface area contributed by atoms with Gasteiger partial charge in [0.2, 0.25) is 0 Å². The Morgan fingerprint density at radius 3 is 2.47 bits per heavy atom. The molecule has 102 valence electrons. The molecule has 0 aromatic carbocycles. The summed E-state index contributed by atoms with van der Waals surface area (Å²) < 4.78 is 6.06. The van der Waals surface area contributed by atoms with Crippen LogP contribution in [0.2, 0.25) is 0 Å². The summed E-state index contributed by atoms with van der Waals surface area (Å²) in [5, 5.41) is 0. The highest BCUT2D eigenvalue weighted by Crippen LogP contribution is 2.30. The van der Waals surface area contributed by atoms with Gasteiger partial charge in [-0.3, -0.25) is 0 Å². The molecule has 17 heavy (non-hydrogen) atoms. The lowest BCUT2D eigenvalue weighted by atomic mass is 9.93. The van der Waals surface area contributed by atoms with Gasteiger partial charge in [0.15, 0.2) is 0 Å². The largest absolute Gasteiger partial charge is 0.371 e. The molecule has 1 rings (SSSR count). The van der Waals surface area contributed by atoms with Gasteiger partial charge < -0.3 is 15.4 Å². The Bertz CT molecular complexity index is 238. The molecule has 0 bridgehead atoms. The van der Waals surface area contributed by atoms with Gasteiger partial charge in [-0.15, -0.1) is 0 Å². The van der Waals surface area contributed by atoms with E-state index < -0.39 is 0 Å². The van der Waals surface area contributed by atoms with Gasteiger partial charge in [-0.2, -0.15) is 0 Å². The number of hydrogen-bond acceptors (Lipinski definition) is 3.